The van der Waals surface area contributed by atoms with E-state index < -0.39 is 0 Å². The van der Waals surface area contributed by atoms with Crippen molar-refractivity contribution < 1.29 is 9.59 Å². The van der Waals surface area contributed by atoms with E-state index >= 15 is 0 Å². The highest BCUT2D eigenvalue weighted by atomic mass is 16.1. The summed E-state index contributed by atoms with van der Waals surface area (Å²) in [5.41, 5.74) is 2.41. The molecular weight excluding hydrogens is 200 g/mol. The topological polar surface area (TPSA) is 34.1 Å². The van der Waals surface area contributed by atoms with Gasteiger partial charge in [-0.05, 0) is 25.8 Å². The lowest BCUT2D eigenvalue weighted by Gasteiger charge is -2.01. The molecule has 86 valence electrons. The number of hydrogen-bond donors (Lipinski definition) is 0. The Labute approximate surface area is 96.7 Å². The zero-order valence-corrected chi connectivity index (χ0v) is 9.95. The first-order valence-electron chi connectivity index (χ1n) is 5.64. The molecule has 2 nitrogen and oxygen atoms in total. The highest BCUT2D eigenvalue weighted by Gasteiger charge is 2.04. The fourth-order valence-electron chi connectivity index (χ4n) is 1.48. The van der Waals surface area contributed by atoms with Crippen molar-refractivity contribution in [2.24, 2.45) is 0 Å². The van der Waals surface area contributed by atoms with E-state index in [1.807, 2.05) is 19.1 Å². The number of hydrogen-bond acceptors (Lipinski definition) is 2. The maximum absolute atomic E-state index is 11.4. The summed E-state index contributed by atoms with van der Waals surface area (Å²) >= 11 is 0. The summed E-state index contributed by atoms with van der Waals surface area (Å²) in [6.07, 6.45) is 2.08. The normalized spacial score (nSPS) is 10.1. The molecule has 0 saturated carbocycles. The average Bonchev–Trinajstić information content (AvgIpc) is 2.25. The zero-order valence-electron chi connectivity index (χ0n) is 9.95. The smallest absolute Gasteiger partial charge is 0.133 e. The monoisotopic (exact) mass is 218 g/mol. The molecule has 1 aromatic carbocycles. The molecule has 0 aromatic heterocycles. The van der Waals surface area contributed by atoms with Crippen LogP contribution in [0.2, 0.25) is 0 Å². The molecule has 0 atom stereocenters. The number of rotatable bonds is 6. The number of ketones is 2. The van der Waals surface area contributed by atoms with Gasteiger partial charge in [0.1, 0.15) is 11.6 Å². The molecule has 0 amide bonds. The lowest BCUT2D eigenvalue weighted by Crippen LogP contribution is -2.03. The largest absolute Gasteiger partial charge is 0.300 e. The van der Waals surface area contributed by atoms with Crippen LogP contribution in [-0.2, 0) is 16.0 Å². The van der Waals surface area contributed by atoms with Gasteiger partial charge in [0, 0.05) is 19.3 Å². The summed E-state index contributed by atoms with van der Waals surface area (Å²) < 4.78 is 0. The second kappa shape index (κ2) is 6.21. The molecule has 0 fully saturated rings. The van der Waals surface area contributed by atoms with Crippen LogP contribution in [0.3, 0.4) is 0 Å². The molecule has 1 aromatic rings. The SMILES string of the molecule is CC(=O)CCC(=O)CCc1ccc(C)cc1. The minimum absolute atomic E-state index is 0.0867. The Morgan fingerprint density at radius 2 is 1.62 bits per heavy atom. The molecule has 0 aliphatic carbocycles. The number of carbonyl (C=O) groups excluding carboxylic acids is 2. The first-order chi connectivity index (χ1) is 7.58. The van der Waals surface area contributed by atoms with Crippen LogP contribution in [0.25, 0.3) is 0 Å². The number of Topliss-reactive ketones (excluding diaryl/α,β-unsaturated/α-hetero) is 2. The van der Waals surface area contributed by atoms with Crippen molar-refractivity contribution in [1.29, 1.82) is 0 Å². The van der Waals surface area contributed by atoms with E-state index in [9.17, 15) is 9.59 Å². The van der Waals surface area contributed by atoms with Crippen LogP contribution in [0.15, 0.2) is 24.3 Å². The molecule has 0 spiro atoms. The van der Waals surface area contributed by atoms with Crippen LogP contribution in [-0.4, -0.2) is 11.6 Å². The third-order valence-corrected chi connectivity index (χ3v) is 2.57. The fourth-order valence-corrected chi connectivity index (χ4v) is 1.48. The first-order valence-corrected chi connectivity index (χ1v) is 5.64. The molecule has 0 N–H and O–H groups in total. The average molecular weight is 218 g/mol. The predicted octanol–water partition coefficient (Wildman–Crippen LogP) is 2.87. The van der Waals surface area contributed by atoms with Crippen LogP contribution >= 0.6 is 0 Å². The van der Waals surface area contributed by atoms with Crippen LogP contribution < -0.4 is 0 Å². The summed E-state index contributed by atoms with van der Waals surface area (Å²) in [5, 5.41) is 0. The maximum Gasteiger partial charge on any atom is 0.133 e. The van der Waals surface area contributed by atoms with E-state index in [1.165, 1.54) is 18.1 Å². The fraction of sp³-hybridized carbons (Fsp3) is 0.429. The minimum Gasteiger partial charge on any atom is -0.300 e. The van der Waals surface area contributed by atoms with Gasteiger partial charge in [-0.15, -0.1) is 0 Å². The predicted molar refractivity (Wildman–Crippen MR) is 64.4 cm³/mol. The molecular formula is C14H18O2. The van der Waals surface area contributed by atoms with Crippen molar-refractivity contribution in [1.82, 2.24) is 0 Å². The van der Waals surface area contributed by atoms with Gasteiger partial charge in [-0.25, -0.2) is 0 Å². The third kappa shape index (κ3) is 4.87. The number of benzene rings is 1. The Kier molecular flexibility index (Phi) is 4.90. The van der Waals surface area contributed by atoms with Gasteiger partial charge in [0.2, 0.25) is 0 Å². The van der Waals surface area contributed by atoms with Crippen molar-refractivity contribution in [3.05, 3.63) is 35.4 Å². The summed E-state index contributed by atoms with van der Waals surface area (Å²) in [5.74, 6) is 0.263. The maximum atomic E-state index is 11.4. The third-order valence-electron chi connectivity index (χ3n) is 2.57. The van der Waals surface area contributed by atoms with Crippen molar-refractivity contribution in [2.75, 3.05) is 0 Å². The van der Waals surface area contributed by atoms with E-state index in [0.29, 0.717) is 19.3 Å². The van der Waals surface area contributed by atoms with E-state index in [2.05, 4.69) is 12.1 Å². The molecule has 16 heavy (non-hydrogen) atoms. The van der Waals surface area contributed by atoms with Crippen LogP contribution in [0.5, 0.6) is 0 Å². The van der Waals surface area contributed by atoms with Crippen LogP contribution in [0.4, 0.5) is 0 Å². The van der Waals surface area contributed by atoms with E-state index in [-0.39, 0.29) is 11.6 Å². The van der Waals surface area contributed by atoms with Gasteiger partial charge < -0.3 is 4.79 Å². The van der Waals surface area contributed by atoms with Crippen molar-refractivity contribution in [3.8, 4) is 0 Å². The second-order valence-corrected chi connectivity index (χ2v) is 4.23. The molecule has 0 radical (unpaired) electrons. The Morgan fingerprint density at radius 1 is 1.00 bits per heavy atom. The highest BCUT2D eigenvalue weighted by molar-refractivity contribution is 5.84. The molecule has 0 heterocycles. The Morgan fingerprint density at radius 3 is 2.19 bits per heavy atom. The summed E-state index contributed by atoms with van der Waals surface area (Å²) in [7, 11) is 0. The van der Waals surface area contributed by atoms with Gasteiger partial charge in [-0.1, -0.05) is 29.8 Å². The summed E-state index contributed by atoms with van der Waals surface area (Å²) in [4.78, 5) is 22.1. The van der Waals surface area contributed by atoms with E-state index in [4.69, 9.17) is 0 Å². The highest BCUT2D eigenvalue weighted by Crippen LogP contribution is 2.07. The van der Waals surface area contributed by atoms with Gasteiger partial charge in [-0.3, -0.25) is 4.79 Å². The van der Waals surface area contributed by atoms with Crippen LogP contribution in [0, 0.1) is 6.92 Å². The minimum atomic E-state index is 0.0867. The second-order valence-electron chi connectivity index (χ2n) is 4.23. The van der Waals surface area contributed by atoms with Crippen LogP contribution in [0.1, 0.15) is 37.3 Å². The molecule has 0 unspecified atom stereocenters. The van der Waals surface area contributed by atoms with Gasteiger partial charge in [0.25, 0.3) is 0 Å². The number of carbonyl (C=O) groups is 2. The lowest BCUT2D eigenvalue weighted by atomic mass is 10.0. The molecule has 0 bridgehead atoms. The Balaban J connectivity index is 2.31. The zero-order chi connectivity index (χ0) is 12.0. The quantitative estimate of drug-likeness (QED) is 0.735. The standard InChI is InChI=1S/C14H18O2/c1-11-3-6-13(7-4-11)8-10-14(16)9-5-12(2)15/h3-4,6-7H,5,8-10H2,1-2H3. The van der Waals surface area contributed by atoms with Crippen molar-refractivity contribution in [3.63, 3.8) is 0 Å². The summed E-state index contributed by atoms with van der Waals surface area (Å²) in [6, 6.07) is 8.20. The molecule has 1 rings (SSSR count). The van der Waals surface area contributed by atoms with Gasteiger partial charge in [0.15, 0.2) is 0 Å². The van der Waals surface area contributed by atoms with E-state index in [1.54, 1.807) is 0 Å². The molecule has 0 aliphatic rings. The van der Waals surface area contributed by atoms with Gasteiger partial charge >= 0.3 is 0 Å². The Hall–Kier alpha value is -1.44. The Bertz CT molecular complexity index is 363. The molecule has 2 heteroatoms. The van der Waals surface area contributed by atoms with Crippen molar-refractivity contribution >= 4 is 11.6 Å². The molecule has 0 saturated heterocycles. The summed E-state index contributed by atoms with van der Waals surface area (Å²) in [6.45, 7) is 3.56. The van der Waals surface area contributed by atoms with Crippen molar-refractivity contribution in [2.45, 2.75) is 39.5 Å². The number of aryl methyl sites for hydroxylation is 2. The first kappa shape index (κ1) is 12.6. The van der Waals surface area contributed by atoms with E-state index in [0.717, 1.165) is 6.42 Å². The molecule has 0 aliphatic heterocycles. The van der Waals surface area contributed by atoms with Gasteiger partial charge in [-0.2, -0.15) is 0 Å². The lowest BCUT2D eigenvalue weighted by molar-refractivity contribution is -0.123. The van der Waals surface area contributed by atoms with Gasteiger partial charge in [0.05, 0.1) is 0 Å².